The van der Waals surface area contributed by atoms with E-state index in [1.54, 1.807) is 92.6 Å². The van der Waals surface area contributed by atoms with E-state index in [0.29, 0.717) is 47.3 Å². The summed E-state index contributed by atoms with van der Waals surface area (Å²) in [6.07, 6.45) is -0.454. The number of aliphatic carboxylic acids is 2. The number of rotatable bonds is 16. The van der Waals surface area contributed by atoms with Gasteiger partial charge in [-0.1, -0.05) is 38.1 Å². The standard InChI is InChI=1S/C32H38N2O9/c1-4-27(29(35)36)42-25-11-8-10-22(20-25)21-34(18-9-19-41-24-16-14-23(40-3)15-17-24)32(31(39,5-2)30(37)38)33-26-12-6-7-13-28(26)43-32/h6-8,10-17,20,27,33,39H,4-5,9,18-19,21H2,1-3H3,(H,35,36)(H,37,38)/t27-,31?,32?/m1/s1. The Morgan fingerprint density at radius 2 is 1.72 bits per heavy atom. The normalized spacial score (nSPS) is 17.6. The summed E-state index contributed by atoms with van der Waals surface area (Å²) in [4.78, 5) is 26.0. The average Bonchev–Trinajstić information content (AvgIpc) is 3.42. The summed E-state index contributed by atoms with van der Waals surface area (Å²) < 4.78 is 23.2. The number of aliphatic hydroxyl groups is 1. The highest BCUT2D eigenvalue weighted by molar-refractivity contribution is 5.81. The van der Waals surface area contributed by atoms with Gasteiger partial charge in [-0.2, -0.15) is 0 Å². The number of para-hydroxylation sites is 2. The second-order valence-corrected chi connectivity index (χ2v) is 10.2. The van der Waals surface area contributed by atoms with Gasteiger partial charge in [0.25, 0.3) is 5.85 Å². The number of benzene rings is 3. The summed E-state index contributed by atoms with van der Waals surface area (Å²) in [6.45, 7) is 3.98. The van der Waals surface area contributed by atoms with Crippen molar-refractivity contribution >= 4 is 17.6 Å². The molecule has 3 aromatic rings. The van der Waals surface area contributed by atoms with E-state index in [2.05, 4.69) is 5.32 Å². The van der Waals surface area contributed by atoms with Gasteiger partial charge in [0.2, 0.25) is 5.60 Å². The summed E-state index contributed by atoms with van der Waals surface area (Å²) in [6, 6.07) is 21.1. The van der Waals surface area contributed by atoms with Gasteiger partial charge in [-0.15, -0.1) is 0 Å². The second-order valence-electron chi connectivity index (χ2n) is 10.2. The van der Waals surface area contributed by atoms with Gasteiger partial charge >= 0.3 is 11.9 Å². The molecule has 0 saturated carbocycles. The molecule has 0 bridgehead atoms. The molecule has 0 aromatic heterocycles. The maximum absolute atomic E-state index is 12.7. The van der Waals surface area contributed by atoms with E-state index in [1.165, 1.54) is 0 Å². The number of methoxy groups -OCH3 is 1. The minimum absolute atomic E-state index is 0.125. The molecule has 0 amide bonds. The summed E-state index contributed by atoms with van der Waals surface area (Å²) in [5.41, 5.74) is -1.13. The molecule has 0 spiro atoms. The van der Waals surface area contributed by atoms with Crippen LogP contribution in [0.2, 0.25) is 0 Å². The van der Waals surface area contributed by atoms with Crippen LogP contribution in [0.4, 0.5) is 5.69 Å². The first kappa shape index (κ1) is 31.5. The van der Waals surface area contributed by atoms with Crippen molar-refractivity contribution in [3.05, 3.63) is 78.4 Å². The Morgan fingerprint density at radius 1 is 1.00 bits per heavy atom. The molecule has 3 aromatic carbocycles. The van der Waals surface area contributed by atoms with E-state index in [9.17, 15) is 24.9 Å². The largest absolute Gasteiger partial charge is 0.497 e. The Hall–Kier alpha value is -4.48. The molecule has 43 heavy (non-hydrogen) atoms. The van der Waals surface area contributed by atoms with E-state index < -0.39 is 29.5 Å². The van der Waals surface area contributed by atoms with Crippen LogP contribution < -0.4 is 24.3 Å². The van der Waals surface area contributed by atoms with Crippen LogP contribution in [0.3, 0.4) is 0 Å². The topological polar surface area (TPSA) is 147 Å². The molecule has 230 valence electrons. The molecule has 0 radical (unpaired) electrons. The number of carboxylic acids is 2. The lowest BCUT2D eigenvalue weighted by Crippen LogP contribution is -2.73. The predicted octanol–water partition coefficient (Wildman–Crippen LogP) is 4.59. The first-order valence-electron chi connectivity index (χ1n) is 14.2. The molecule has 1 aliphatic rings. The molecule has 0 fully saturated rings. The highest BCUT2D eigenvalue weighted by atomic mass is 16.6. The monoisotopic (exact) mass is 594 g/mol. The fraction of sp³-hybridized carbons (Fsp3) is 0.375. The molecule has 1 heterocycles. The third-order valence-corrected chi connectivity index (χ3v) is 7.42. The van der Waals surface area contributed by atoms with Crippen molar-refractivity contribution < 1.29 is 43.9 Å². The van der Waals surface area contributed by atoms with Gasteiger partial charge in [0.15, 0.2) is 6.10 Å². The SMILES string of the molecule is CC[C@@H](Oc1cccc(CN(CCCOc2ccc(OC)cc2)C2(C(O)(CC)C(=O)O)Nc3ccccc3O2)c1)C(=O)O. The minimum atomic E-state index is -2.37. The van der Waals surface area contributed by atoms with Crippen LogP contribution >= 0.6 is 0 Å². The van der Waals surface area contributed by atoms with Crippen molar-refractivity contribution in [1.82, 2.24) is 4.90 Å². The summed E-state index contributed by atoms with van der Waals surface area (Å²) in [7, 11) is 1.59. The summed E-state index contributed by atoms with van der Waals surface area (Å²) in [5, 5.41) is 34.7. The number of ether oxygens (including phenoxy) is 4. The zero-order valence-electron chi connectivity index (χ0n) is 24.5. The summed E-state index contributed by atoms with van der Waals surface area (Å²) in [5.74, 6) is -2.29. The van der Waals surface area contributed by atoms with Crippen LogP contribution in [-0.4, -0.2) is 70.0 Å². The Balaban J connectivity index is 1.65. The third kappa shape index (κ3) is 6.79. The van der Waals surface area contributed by atoms with Crippen LogP contribution in [-0.2, 0) is 16.1 Å². The molecule has 11 nitrogen and oxygen atoms in total. The molecular formula is C32H38N2O9. The molecule has 1 aliphatic heterocycles. The van der Waals surface area contributed by atoms with Crippen LogP contribution in [0.5, 0.6) is 23.0 Å². The molecule has 2 unspecified atom stereocenters. The Kier molecular flexibility index (Phi) is 9.99. The van der Waals surface area contributed by atoms with Crippen molar-refractivity contribution in [3.63, 3.8) is 0 Å². The fourth-order valence-electron chi connectivity index (χ4n) is 5.03. The van der Waals surface area contributed by atoms with Crippen LogP contribution in [0.1, 0.15) is 38.7 Å². The smallest absolute Gasteiger partial charge is 0.344 e. The average molecular weight is 595 g/mol. The van der Waals surface area contributed by atoms with E-state index in [1.807, 2.05) is 6.07 Å². The number of carbonyl (C=O) groups is 2. The molecule has 4 N–H and O–H groups in total. The lowest BCUT2D eigenvalue weighted by Gasteiger charge is -2.47. The molecule has 4 rings (SSSR count). The minimum Gasteiger partial charge on any atom is -0.497 e. The van der Waals surface area contributed by atoms with Crippen LogP contribution in [0.25, 0.3) is 0 Å². The third-order valence-electron chi connectivity index (χ3n) is 7.42. The summed E-state index contributed by atoms with van der Waals surface area (Å²) >= 11 is 0. The molecule has 0 aliphatic carbocycles. The fourth-order valence-corrected chi connectivity index (χ4v) is 5.03. The van der Waals surface area contributed by atoms with Gasteiger partial charge < -0.3 is 39.6 Å². The maximum Gasteiger partial charge on any atom is 0.344 e. The number of nitrogens with zero attached hydrogens (tertiary/aromatic N) is 1. The number of carboxylic acid groups (broad SMARTS) is 2. The maximum atomic E-state index is 12.7. The Morgan fingerprint density at radius 3 is 2.35 bits per heavy atom. The molecule has 0 saturated heterocycles. The van der Waals surface area contributed by atoms with E-state index >= 15 is 0 Å². The van der Waals surface area contributed by atoms with Gasteiger partial charge in [-0.3, -0.25) is 0 Å². The van der Waals surface area contributed by atoms with Gasteiger partial charge in [-0.05, 0) is 73.4 Å². The van der Waals surface area contributed by atoms with Crippen molar-refractivity contribution in [2.45, 2.75) is 57.2 Å². The van der Waals surface area contributed by atoms with Gasteiger partial charge in [0.1, 0.15) is 23.0 Å². The van der Waals surface area contributed by atoms with E-state index in [-0.39, 0.29) is 25.9 Å². The zero-order valence-corrected chi connectivity index (χ0v) is 24.5. The quantitative estimate of drug-likeness (QED) is 0.173. The van der Waals surface area contributed by atoms with Gasteiger partial charge in [-0.25, -0.2) is 14.5 Å². The van der Waals surface area contributed by atoms with E-state index in [0.717, 1.165) is 0 Å². The van der Waals surface area contributed by atoms with E-state index in [4.69, 9.17) is 18.9 Å². The van der Waals surface area contributed by atoms with Crippen LogP contribution in [0, 0.1) is 0 Å². The highest BCUT2D eigenvalue weighted by Crippen LogP contribution is 2.45. The van der Waals surface area contributed by atoms with Crippen LogP contribution in [0.15, 0.2) is 72.8 Å². The highest BCUT2D eigenvalue weighted by Gasteiger charge is 2.63. The number of fused-ring (bicyclic) bond motifs is 1. The van der Waals surface area contributed by atoms with Crippen molar-refractivity contribution in [2.75, 3.05) is 25.6 Å². The lowest BCUT2D eigenvalue weighted by atomic mass is 9.91. The number of hydrogen-bond acceptors (Lipinski definition) is 9. The first-order valence-corrected chi connectivity index (χ1v) is 14.2. The lowest BCUT2D eigenvalue weighted by molar-refractivity contribution is -0.216. The number of anilines is 1. The zero-order chi connectivity index (χ0) is 31.0. The number of nitrogens with one attached hydrogen (secondary N) is 1. The van der Waals surface area contributed by atoms with Crippen molar-refractivity contribution in [3.8, 4) is 23.0 Å². The predicted molar refractivity (Wildman–Crippen MR) is 159 cm³/mol. The van der Waals surface area contributed by atoms with Crippen molar-refractivity contribution in [1.29, 1.82) is 0 Å². The first-order chi connectivity index (χ1) is 20.7. The number of hydrogen-bond donors (Lipinski definition) is 4. The van der Waals surface area contributed by atoms with Crippen molar-refractivity contribution in [2.24, 2.45) is 0 Å². The molecular weight excluding hydrogens is 556 g/mol. The molecule has 11 heteroatoms. The Labute approximate surface area is 250 Å². The Bertz CT molecular complexity index is 1370. The molecule has 3 atom stereocenters. The second kappa shape index (κ2) is 13.7. The van der Waals surface area contributed by atoms with Gasteiger partial charge in [0, 0.05) is 13.1 Å². The van der Waals surface area contributed by atoms with Gasteiger partial charge in [0.05, 0.1) is 19.4 Å².